The molecule has 6 nitrogen and oxygen atoms in total. The predicted molar refractivity (Wildman–Crippen MR) is 83.2 cm³/mol. The fraction of sp³-hybridized carbons (Fsp3) is 0.214. The Balaban J connectivity index is 2.47. The highest BCUT2D eigenvalue weighted by atomic mass is 79.9. The molecule has 0 heterocycles. The van der Waals surface area contributed by atoms with Gasteiger partial charge in [0.05, 0.1) is 0 Å². The third-order valence-electron chi connectivity index (χ3n) is 2.44. The van der Waals surface area contributed by atoms with Crippen LogP contribution in [0.4, 0.5) is 5.69 Å². The van der Waals surface area contributed by atoms with Gasteiger partial charge < -0.3 is 16.0 Å². The quantitative estimate of drug-likeness (QED) is 0.287. The lowest BCUT2D eigenvalue weighted by molar-refractivity contribution is -0.112. The molecule has 0 saturated carbocycles. The number of anilines is 1. The molecule has 1 rings (SSSR count). The third kappa shape index (κ3) is 6.58. The van der Waals surface area contributed by atoms with Crippen LogP contribution >= 0.6 is 15.9 Å². The first-order valence-corrected chi connectivity index (χ1v) is 7.04. The highest BCUT2D eigenvalue weighted by Gasteiger charge is 2.08. The van der Waals surface area contributed by atoms with Gasteiger partial charge in [-0.3, -0.25) is 9.59 Å². The van der Waals surface area contributed by atoms with E-state index in [-0.39, 0.29) is 5.57 Å². The molecule has 0 aliphatic heterocycles. The van der Waals surface area contributed by atoms with Gasteiger partial charge in [0.15, 0.2) is 0 Å². The number of amides is 2. The topological polar surface area (TPSA) is 94.0 Å². The van der Waals surface area contributed by atoms with Crippen LogP contribution in [-0.2, 0) is 9.59 Å². The van der Waals surface area contributed by atoms with E-state index < -0.39 is 5.91 Å². The summed E-state index contributed by atoms with van der Waals surface area (Å²) >= 11 is 3.30. The Bertz CT molecular complexity index is 549. The first-order valence-electron chi connectivity index (χ1n) is 6.25. The first-order chi connectivity index (χ1) is 10.2. The smallest absolute Gasteiger partial charge is 0.267 e. The molecule has 7 heteroatoms. The zero-order valence-electron chi connectivity index (χ0n) is 11.2. The molecule has 0 unspecified atom stereocenters. The summed E-state index contributed by atoms with van der Waals surface area (Å²) in [5.41, 5.74) is 0.598. The van der Waals surface area contributed by atoms with Crippen molar-refractivity contribution in [3.63, 3.8) is 0 Å². The summed E-state index contributed by atoms with van der Waals surface area (Å²) < 4.78 is 0.905. The minimum atomic E-state index is -0.474. The van der Waals surface area contributed by atoms with Gasteiger partial charge >= 0.3 is 0 Å². The van der Waals surface area contributed by atoms with Crippen LogP contribution in [0.3, 0.4) is 0 Å². The van der Waals surface area contributed by atoms with Crippen LogP contribution in [0.5, 0.6) is 0 Å². The number of nitrogens with one attached hydrogen (secondary N) is 3. The number of halogens is 1. The number of hydrogen-bond acceptors (Lipinski definition) is 4. The summed E-state index contributed by atoms with van der Waals surface area (Å²) in [6.07, 6.45) is 2.69. The van der Waals surface area contributed by atoms with Gasteiger partial charge in [0, 0.05) is 29.4 Å². The molecular weight excluding hydrogens is 336 g/mol. The van der Waals surface area contributed by atoms with Crippen molar-refractivity contribution >= 4 is 33.9 Å². The Morgan fingerprint density at radius 1 is 1.24 bits per heavy atom. The van der Waals surface area contributed by atoms with Crippen molar-refractivity contribution in [1.82, 2.24) is 10.6 Å². The predicted octanol–water partition coefficient (Wildman–Crippen LogP) is 1.52. The zero-order chi connectivity index (χ0) is 15.5. The maximum atomic E-state index is 11.9. The minimum absolute atomic E-state index is 0.0127. The molecular formula is C14H15BrN4O2. The van der Waals surface area contributed by atoms with Gasteiger partial charge in [-0.25, -0.2) is 0 Å². The van der Waals surface area contributed by atoms with Crippen molar-refractivity contribution in [2.45, 2.75) is 6.42 Å². The molecule has 0 radical (unpaired) electrons. The van der Waals surface area contributed by atoms with Crippen LogP contribution in [0, 0.1) is 11.3 Å². The second-order valence-corrected chi connectivity index (χ2v) is 4.93. The lowest BCUT2D eigenvalue weighted by Crippen LogP contribution is -2.20. The van der Waals surface area contributed by atoms with E-state index in [4.69, 9.17) is 5.26 Å². The van der Waals surface area contributed by atoms with Gasteiger partial charge in [0.2, 0.25) is 6.41 Å². The van der Waals surface area contributed by atoms with Gasteiger partial charge in [0.25, 0.3) is 5.91 Å². The monoisotopic (exact) mass is 350 g/mol. The van der Waals surface area contributed by atoms with E-state index in [1.165, 1.54) is 6.20 Å². The highest BCUT2D eigenvalue weighted by molar-refractivity contribution is 9.10. The van der Waals surface area contributed by atoms with Crippen LogP contribution in [0.25, 0.3) is 0 Å². The third-order valence-corrected chi connectivity index (χ3v) is 2.97. The Hall–Kier alpha value is -2.33. The standard InChI is InChI=1S/C14H15BrN4O2/c15-12-2-4-13(5-3-12)19-14(21)11(8-16)9-17-6-1-7-18-10-20/h2-5,9-10,17H,1,6-7H2,(H,18,20)(H,19,21)/b11-9-. The molecule has 0 aliphatic rings. The van der Waals surface area contributed by atoms with Crippen LogP contribution in [-0.4, -0.2) is 25.4 Å². The second kappa shape index (κ2) is 9.55. The molecule has 0 bridgehead atoms. The number of rotatable bonds is 8. The van der Waals surface area contributed by atoms with Crippen LogP contribution in [0.1, 0.15) is 6.42 Å². The maximum absolute atomic E-state index is 11.9. The molecule has 0 spiro atoms. The normalized spacial score (nSPS) is 10.4. The lowest BCUT2D eigenvalue weighted by atomic mass is 10.2. The van der Waals surface area contributed by atoms with Gasteiger partial charge in [-0.2, -0.15) is 5.26 Å². The Kier molecular flexibility index (Phi) is 7.61. The molecule has 0 fully saturated rings. The molecule has 0 aliphatic carbocycles. The molecule has 21 heavy (non-hydrogen) atoms. The number of nitriles is 1. The summed E-state index contributed by atoms with van der Waals surface area (Å²) in [5.74, 6) is -0.474. The molecule has 3 N–H and O–H groups in total. The van der Waals surface area contributed by atoms with Crippen molar-refractivity contribution in [2.24, 2.45) is 0 Å². The van der Waals surface area contributed by atoms with E-state index in [2.05, 4.69) is 31.9 Å². The van der Waals surface area contributed by atoms with Gasteiger partial charge in [-0.05, 0) is 30.7 Å². The maximum Gasteiger partial charge on any atom is 0.267 e. The van der Waals surface area contributed by atoms with Crippen molar-refractivity contribution in [3.05, 3.63) is 40.5 Å². The minimum Gasteiger partial charge on any atom is -0.390 e. The largest absolute Gasteiger partial charge is 0.390 e. The first kappa shape index (κ1) is 16.7. The van der Waals surface area contributed by atoms with Crippen LogP contribution in [0.2, 0.25) is 0 Å². The fourth-order valence-corrected chi connectivity index (χ4v) is 1.67. The lowest BCUT2D eigenvalue weighted by Gasteiger charge is -2.05. The molecule has 1 aromatic rings. The summed E-state index contributed by atoms with van der Waals surface area (Å²) in [5, 5.41) is 17.0. The van der Waals surface area contributed by atoms with E-state index in [1.54, 1.807) is 24.3 Å². The van der Waals surface area contributed by atoms with Crippen molar-refractivity contribution in [1.29, 1.82) is 5.26 Å². The highest BCUT2D eigenvalue weighted by Crippen LogP contribution is 2.14. The van der Waals surface area contributed by atoms with Crippen LogP contribution in [0.15, 0.2) is 40.5 Å². The average molecular weight is 351 g/mol. The van der Waals surface area contributed by atoms with E-state index in [1.807, 2.05) is 6.07 Å². The molecule has 0 aromatic heterocycles. The molecule has 2 amide bonds. The van der Waals surface area contributed by atoms with Crippen molar-refractivity contribution in [2.75, 3.05) is 18.4 Å². The van der Waals surface area contributed by atoms with E-state index >= 15 is 0 Å². The molecule has 110 valence electrons. The van der Waals surface area contributed by atoms with Gasteiger partial charge in [0.1, 0.15) is 11.6 Å². The summed E-state index contributed by atoms with van der Waals surface area (Å²) in [7, 11) is 0. The number of nitrogens with zero attached hydrogens (tertiary/aromatic N) is 1. The Morgan fingerprint density at radius 2 is 1.90 bits per heavy atom. The number of carbonyl (C=O) groups is 2. The van der Waals surface area contributed by atoms with E-state index in [0.29, 0.717) is 31.6 Å². The second-order valence-electron chi connectivity index (χ2n) is 4.01. The van der Waals surface area contributed by atoms with Gasteiger partial charge in [-0.1, -0.05) is 15.9 Å². The van der Waals surface area contributed by atoms with Crippen molar-refractivity contribution in [3.8, 4) is 6.07 Å². The molecule has 0 atom stereocenters. The molecule has 1 aromatic carbocycles. The summed E-state index contributed by atoms with van der Waals surface area (Å²) in [6, 6.07) is 8.89. The van der Waals surface area contributed by atoms with E-state index in [9.17, 15) is 9.59 Å². The molecule has 0 saturated heterocycles. The average Bonchev–Trinajstić information content (AvgIpc) is 2.49. The summed E-state index contributed by atoms with van der Waals surface area (Å²) in [6.45, 7) is 1.09. The fourth-order valence-electron chi connectivity index (χ4n) is 1.41. The zero-order valence-corrected chi connectivity index (χ0v) is 12.8. The number of benzene rings is 1. The van der Waals surface area contributed by atoms with Crippen molar-refractivity contribution < 1.29 is 9.59 Å². The SMILES string of the molecule is N#C/C(=C/NCCCNC=O)C(=O)Nc1ccc(Br)cc1. The van der Waals surface area contributed by atoms with Crippen LogP contribution < -0.4 is 16.0 Å². The Labute approximate surface area is 131 Å². The number of hydrogen-bond donors (Lipinski definition) is 3. The van der Waals surface area contributed by atoms with E-state index in [0.717, 1.165) is 4.47 Å². The summed E-state index contributed by atoms with van der Waals surface area (Å²) in [4.78, 5) is 21.9. The van der Waals surface area contributed by atoms with Gasteiger partial charge in [-0.15, -0.1) is 0 Å². The Morgan fingerprint density at radius 3 is 2.52 bits per heavy atom. The number of carbonyl (C=O) groups excluding carboxylic acids is 2.